The first-order valence-electron chi connectivity index (χ1n) is 6.76. The molecule has 0 atom stereocenters. The molecule has 23 heavy (non-hydrogen) atoms. The summed E-state index contributed by atoms with van der Waals surface area (Å²) < 4.78 is 18.9. The van der Waals surface area contributed by atoms with E-state index in [1.807, 2.05) is 0 Å². The summed E-state index contributed by atoms with van der Waals surface area (Å²) in [7, 11) is 0. The minimum absolute atomic E-state index is 0.00143. The van der Waals surface area contributed by atoms with Gasteiger partial charge >= 0.3 is 23.9 Å². The SMILES string of the molecule is CCOC(=O)C1=C(Cl)C(=C(C(=O)OCC)C(=O)OCC)OC1=O. The molecular weight excluding hydrogens is 332 g/mol. The van der Waals surface area contributed by atoms with Crippen molar-refractivity contribution in [3.63, 3.8) is 0 Å². The minimum atomic E-state index is -1.13. The molecule has 0 unspecified atom stereocenters. The van der Waals surface area contributed by atoms with Crippen LogP contribution < -0.4 is 0 Å². The van der Waals surface area contributed by atoms with E-state index < -0.39 is 45.8 Å². The molecule has 0 aliphatic carbocycles. The van der Waals surface area contributed by atoms with Crippen molar-refractivity contribution in [3.05, 3.63) is 21.9 Å². The molecule has 1 heterocycles. The maximum atomic E-state index is 11.9. The number of halogens is 1. The lowest BCUT2D eigenvalue weighted by molar-refractivity contribution is -0.147. The Morgan fingerprint density at radius 3 is 1.87 bits per heavy atom. The molecule has 1 aliphatic rings. The highest BCUT2D eigenvalue weighted by Gasteiger charge is 2.41. The number of esters is 4. The molecule has 0 fully saturated rings. The molecule has 0 aromatic carbocycles. The summed E-state index contributed by atoms with van der Waals surface area (Å²) in [6.45, 7) is 4.51. The van der Waals surface area contributed by atoms with Crippen LogP contribution in [0.3, 0.4) is 0 Å². The molecule has 0 spiro atoms. The molecule has 0 amide bonds. The molecule has 9 heteroatoms. The number of hydrogen-bond donors (Lipinski definition) is 0. The Morgan fingerprint density at radius 2 is 1.43 bits per heavy atom. The van der Waals surface area contributed by atoms with Crippen molar-refractivity contribution in [1.29, 1.82) is 0 Å². The van der Waals surface area contributed by atoms with Crippen LogP contribution in [0.25, 0.3) is 0 Å². The Balaban J connectivity index is 3.41. The average Bonchev–Trinajstić information content (AvgIpc) is 2.75. The van der Waals surface area contributed by atoms with Gasteiger partial charge in [0.05, 0.1) is 19.8 Å². The number of hydrogen-bond acceptors (Lipinski definition) is 8. The summed E-state index contributed by atoms with van der Waals surface area (Å²) in [4.78, 5) is 47.3. The summed E-state index contributed by atoms with van der Waals surface area (Å²) in [5.41, 5.74) is -1.30. The molecule has 8 nitrogen and oxygen atoms in total. The second-order valence-electron chi connectivity index (χ2n) is 3.94. The second-order valence-corrected chi connectivity index (χ2v) is 4.32. The second kappa shape index (κ2) is 8.33. The highest BCUT2D eigenvalue weighted by Crippen LogP contribution is 2.33. The Morgan fingerprint density at radius 1 is 0.957 bits per heavy atom. The van der Waals surface area contributed by atoms with Gasteiger partial charge in [0.1, 0.15) is 5.03 Å². The van der Waals surface area contributed by atoms with Crippen molar-refractivity contribution in [3.8, 4) is 0 Å². The number of cyclic esters (lactones) is 1. The number of carbonyl (C=O) groups excluding carboxylic acids is 4. The van der Waals surface area contributed by atoms with Crippen LogP contribution in [0.4, 0.5) is 0 Å². The van der Waals surface area contributed by atoms with E-state index in [2.05, 4.69) is 4.74 Å². The summed E-state index contributed by atoms with van der Waals surface area (Å²) in [5, 5.41) is -0.510. The standard InChI is InChI=1S/C14H15ClO8/c1-4-20-11(16)7-9(15)10(23-14(7)19)8(12(17)21-5-2)13(18)22-6-3/h4-6H2,1-3H3. The van der Waals surface area contributed by atoms with Crippen molar-refractivity contribution in [2.75, 3.05) is 19.8 Å². The molecule has 0 aromatic rings. The summed E-state index contributed by atoms with van der Waals surface area (Å²) in [5.74, 6) is -4.91. The van der Waals surface area contributed by atoms with E-state index in [-0.39, 0.29) is 19.8 Å². The van der Waals surface area contributed by atoms with Crippen molar-refractivity contribution < 1.29 is 38.1 Å². The van der Waals surface area contributed by atoms with E-state index in [1.54, 1.807) is 0 Å². The Kier molecular flexibility index (Phi) is 6.77. The van der Waals surface area contributed by atoms with E-state index >= 15 is 0 Å². The van der Waals surface area contributed by atoms with Crippen molar-refractivity contribution >= 4 is 35.5 Å². The Hall–Kier alpha value is -2.35. The van der Waals surface area contributed by atoms with Gasteiger partial charge in [-0.05, 0) is 20.8 Å². The Bertz CT molecular complexity index is 582. The monoisotopic (exact) mass is 346 g/mol. The molecule has 0 aromatic heterocycles. The topological polar surface area (TPSA) is 105 Å². The predicted molar refractivity (Wildman–Crippen MR) is 75.9 cm³/mol. The molecular formula is C14H15ClO8. The van der Waals surface area contributed by atoms with Crippen LogP contribution in [-0.4, -0.2) is 43.7 Å². The van der Waals surface area contributed by atoms with Gasteiger partial charge in [-0.1, -0.05) is 11.6 Å². The summed E-state index contributed by atoms with van der Waals surface area (Å²) in [6, 6.07) is 0. The highest BCUT2D eigenvalue weighted by atomic mass is 35.5. The van der Waals surface area contributed by atoms with Crippen molar-refractivity contribution in [2.45, 2.75) is 20.8 Å². The van der Waals surface area contributed by atoms with Crippen LogP contribution in [0.5, 0.6) is 0 Å². The molecule has 1 rings (SSSR count). The first-order valence-corrected chi connectivity index (χ1v) is 7.14. The zero-order valence-corrected chi connectivity index (χ0v) is 13.5. The zero-order valence-electron chi connectivity index (χ0n) is 12.8. The van der Waals surface area contributed by atoms with Crippen LogP contribution in [0.2, 0.25) is 0 Å². The molecule has 0 N–H and O–H groups in total. The lowest BCUT2D eigenvalue weighted by Gasteiger charge is -2.08. The quantitative estimate of drug-likeness (QED) is 0.230. The van der Waals surface area contributed by atoms with Gasteiger partial charge in [0, 0.05) is 0 Å². The smallest absolute Gasteiger partial charge is 0.352 e. The van der Waals surface area contributed by atoms with Gasteiger partial charge in [-0.2, -0.15) is 0 Å². The number of carbonyl (C=O) groups is 4. The molecule has 1 aliphatic heterocycles. The lowest BCUT2D eigenvalue weighted by Crippen LogP contribution is -2.21. The van der Waals surface area contributed by atoms with E-state index in [9.17, 15) is 19.2 Å². The van der Waals surface area contributed by atoms with E-state index in [0.717, 1.165) is 0 Å². The van der Waals surface area contributed by atoms with Crippen molar-refractivity contribution in [2.24, 2.45) is 0 Å². The van der Waals surface area contributed by atoms with Gasteiger partial charge in [-0.3, -0.25) is 0 Å². The van der Waals surface area contributed by atoms with E-state index in [0.29, 0.717) is 0 Å². The van der Waals surface area contributed by atoms with Gasteiger partial charge in [-0.15, -0.1) is 0 Å². The third-order valence-corrected chi connectivity index (χ3v) is 2.84. The van der Waals surface area contributed by atoms with Crippen molar-refractivity contribution in [1.82, 2.24) is 0 Å². The summed E-state index contributed by atoms with van der Waals surface area (Å²) in [6.07, 6.45) is 0. The van der Waals surface area contributed by atoms with Crippen LogP contribution in [0.15, 0.2) is 21.9 Å². The first-order chi connectivity index (χ1) is 10.9. The van der Waals surface area contributed by atoms with Gasteiger partial charge in [-0.25, -0.2) is 19.2 Å². The lowest BCUT2D eigenvalue weighted by atomic mass is 10.2. The maximum Gasteiger partial charge on any atom is 0.352 e. The largest absolute Gasteiger partial charge is 0.462 e. The fraction of sp³-hybridized carbons (Fsp3) is 0.429. The third kappa shape index (κ3) is 4.10. The fourth-order valence-corrected chi connectivity index (χ4v) is 1.89. The molecule has 0 radical (unpaired) electrons. The number of rotatable bonds is 6. The zero-order chi connectivity index (χ0) is 17.6. The number of ether oxygens (including phenoxy) is 4. The predicted octanol–water partition coefficient (Wildman–Crippen LogP) is 0.980. The number of allylic oxidation sites excluding steroid dienone is 1. The van der Waals surface area contributed by atoms with Gasteiger partial charge in [0.15, 0.2) is 16.9 Å². The maximum absolute atomic E-state index is 11.9. The van der Waals surface area contributed by atoms with Gasteiger partial charge in [0.2, 0.25) is 0 Å². The van der Waals surface area contributed by atoms with Crippen LogP contribution in [0, 0.1) is 0 Å². The molecule has 0 bridgehead atoms. The Labute approximate surface area is 137 Å². The van der Waals surface area contributed by atoms with Crippen LogP contribution in [0.1, 0.15) is 20.8 Å². The average molecular weight is 347 g/mol. The molecule has 0 saturated heterocycles. The first kappa shape index (κ1) is 18.7. The fourth-order valence-electron chi connectivity index (χ4n) is 1.60. The van der Waals surface area contributed by atoms with Gasteiger partial charge in [0.25, 0.3) is 0 Å². The third-order valence-electron chi connectivity index (χ3n) is 2.48. The van der Waals surface area contributed by atoms with E-state index in [4.69, 9.17) is 25.8 Å². The van der Waals surface area contributed by atoms with E-state index in [1.165, 1.54) is 20.8 Å². The summed E-state index contributed by atoms with van der Waals surface area (Å²) >= 11 is 5.91. The minimum Gasteiger partial charge on any atom is -0.462 e. The highest BCUT2D eigenvalue weighted by molar-refractivity contribution is 6.40. The molecule has 126 valence electrons. The van der Waals surface area contributed by atoms with Crippen LogP contribution in [-0.2, 0) is 38.1 Å². The molecule has 0 saturated carbocycles. The normalized spacial score (nSPS) is 13.6. The van der Waals surface area contributed by atoms with Gasteiger partial charge < -0.3 is 18.9 Å². The van der Waals surface area contributed by atoms with Crippen LogP contribution >= 0.6 is 11.6 Å².